The van der Waals surface area contributed by atoms with Crippen LogP contribution in [0.2, 0.25) is 0 Å². The van der Waals surface area contributed by atoms with Crippen LogP contribution < -0.4 is 16.5 Å². The fourth-order valence-electron chi connectivity index (χ4n) is 7.28. The maximum Gasteiger partial charge on any atom is 0.481 e. The zero-order valence-corrected chi connectivity index (χ0v) is 25.5. The average Bonchev–Trinajstić information content (AvgIpc) is 3.27. The van der Waals surface area contributed by atoms with Crippen molar-refractivity contribution in [3.8, 4) is 0 Å². The molecule has 4 N–H and O–H groups in total. The number of hydrogen-bond donors (Lipinski definition) is 3. The van der Waals surface area contributed by atoms with E-state index in [1.807, 2.05) is 35.8 Å². The number of carbonyl (C=O) groups is 2. The van der Waals surface area contributed by atoms with Crippen molar-refractivity contribution in [2.75, 3.05) is 6.54 Å². The second-order valence-corrected chi connectivity index (χ2v) is 13.5. The highest BCUT2D eigenvalue weighted by Gasteiger charge is 2.68. The van der Waals surface area contributed by atoms with Crippen LogP contribution in [0.4, 0.5) is 0 Å². The number of nitro groups is 1. The van der Waals surface area contributed by atoms with Gasteiger partial charge in [0.15, 0.2) is 5.03 Å². The molecule has 1 aromatic rings. The number of guanidine groups is 1. The molecule has 0 aromatic heterocycles. The molecule has 4 fully saturated rings. The predicted octanol–water partition coefficient (Wildman–Crippen LogP) is 3.48. The Morgan fingerprint density at radius 3 is 2.57 bits per heavy atom. The number of amides is 1. The quantitative estimate of drug-likeness (QED) is 0.0750. The molecule has 230 valence electrons. The van der Waals surface area contributed by atoms with Gasteiger partial charge in [-0.2, -0.15) is 0 Å². The summed E-state index contributed by atoms with van der Waals surface area (Å²) in [7, 11) is -0.556. The first kappa shape index (κ1) is 31.9. The highest BCUT2D eigenvalue weighted by atomic mass is 16.7. The summed E-state index contributed by atoms with van der Waals surface area (Å²) in [6.07, 6.45) is 3.91. The minimum absolute atomic E-state index is 0.00480. The Hall–Kier alpha value is -2.99. The summed E-state index contributed by atoms with van der Waals surface area (Å²) in [4.78, 5) is 41.4. The molecule has 1 heterocycles. The summed E-state index contributed by atoms with van der Waals surface area (Å²) >= 11 is 0. The fourth-order valence-corrected chi connectivity index (χ4v) is 7.28. The van der Waals surface area contributed by atoms with E-state index in [0.29, 0.717) is 31.1 Å². The molecule has 2 bridgehead atoms. The number of aliphatic imine (C=N–C) groups is 1. The Labute approximate surface area is 249 Å². The lowest BCUT2D eigenvalue weighted by atomic mass is 9.43. The van der Waals surface area contributed by atoms with Crippen molar-refractivity contribution in [2.45, 2.75) is 97.2 Å². The molecule has 6 atom stereocenters. The van der Waals surface area contributed by atoms with E-state index in [-0.39, 0.29) is 66.0 Å². The standard InChI is InChI=1S/C30H46BN5O6/c1-19(2)14-26(31-41-25-18-22-17-24(29(22,3)4)30(25,5)42-31)34-27(38)21(12-9-13-33-28(32)35-36(39)40)16-23(37)15-20-10-7-6-8-11-20/h6-8,10-11,19,21-22,24-26H,9,12-18H2,1-5H3,(H,34,38)(H3,32,33,35)/t21-,22-,24-,25-,26+,30+/m1/s1. The molecule has 11 nitrogen and oxygen atoms in total. The Bertz CT molecular complexity index is 1160. The predicted molar refractivity (Wildman–Crippen MR) is 161 cm³/mol. The van der Waals surface area contributed by atoms with Crippen LogP contribution in [0.1, 0.15) is 78.7 Å². The van der Waals surface area contributed by atoms with Crippen molar-refractivity contribution >= 4 is 24.8 Å². The molecule has 1 aromatic carbocycles. The molecule has 5 rings (SSSR count). The number of hydrazine groups is 1. The summed E-state index contributed by atoms with van der Waals surface area (Å²) in [6, 6.07) is 9.45. The van der Waals surface area contributed by atoms with Gasteiger partial charge in [0.25, 0.3) is 5.96 Å². The maximum atomic E-state index is 13.8. The van der Waals surface area contributed by atoms with Crippen molar-refractivity contribution in [3.05, 3.63) is 46.0 Å². The lowest BCUT2D eigenvalue weighted by molar-refractivity contribution is -0.525. The number of carbonyl (C=O) groups excluding carboxylic acids is 2. The monoisotopic (exact) mass is 583 g/mol. The molecule has 1 saturated heterocycles. The van der Waals surface area contributed by atoms with Gasteiger partial charge in [-0.1, -0.05) is 63.5 Å². The van der Waals surface area contributed by atoms with Crippen LogP contribution in [-0.4, -0.2) is 54.0 Å². The van der Waals surface area contributed by atoms with Crippen molar-refractivity contribution in [3.63, 3.8) is 0 Å². The molecule has 3 aliphatic carbocycles. The number of hydrogen-bond acceptors (Lipinski definition) is 7. The van der Waals surface area contributed by atoms with Crippen molar-refractivity contribution < 1.29 is 23.9 Å². The average molecular weight is 584 g/mol. The van der Waals surface area contributed by atoms with Gasteiger partial charge in [-0.25, -0.2) is 15.1 Å². The van der Waals surface area contributed by atoms with Gasteiger partial charge in [0.2, 0.25) is 5.91 Å². The molecular formula is C30H46BN5O6. The highest BCUT2D eigenvalue weighted by Crippen LogP contribution is 2.65. The first-order valence-electron chi connectivity index (χ1n) is 15.2. The van der Waals surface area contributed by atoms with Gasteiger partial charge in [0, 0.05) is 25.3 Å². The number of rotatable bonds is 14. The zero-order valence-electron chi connectivity index (χ0n) is 25.5. The van der Waals surface area contributed by atoms with Gasteiger partial charge in [-0.3, -0.25) is 9.59 Å². The van der Waals surface area contributed by atoms with E-state index in [1.165, 1.54) is 0 Å². The number of benzene rings is 1. The van der Waals surface area contributed by atoms with Gasteiger partial charge < -0.3 is 20.4 Å². The summed E-state index contributed by atoms with van der Waals surface area (Å²) < 4.78 is 13.2. The van der Waals surface area contributed by atoms with E-state index in [9.17, 15) is 19.7 Å². The molecule has 0 unspecified atom stereocenters. The second kappa shape index (κ2) is 13.1. The zero-order chi connectivity index (χ0) is 30.7. The van der Waals surface area contributed by atoms with Gasteiger partial charge in [-0.05, 0) is 67.8 Å². The first-order chi connectivity index (χ1) is 19.8. The van der Waals surface area contributed by atoms with Crippen LogP contribution in [0.25, 0.3) is 0 Å². The van der Waals surface area contributed by atoms with Gasteiger partial charge >= 0.3 is 7.12 Å². The smallest absolute Gasteiger partial charge is 0.404 e. The first-order valence-corrected chi connectivity index (χ1v) is 15.2. The molecule has 0 spiro atoms. The number of nitrogens with one attached hydrogen (secondary N) is 2. The van der Waals surface area contributed by atoms with E-state index in [4.69, 9.17) is 15.0 Å². The molecular weight excluding hydrogens is 537 g/mol. The Morgan fingerprint density at radius 1 is 1.21 bits per heavy atom. The normalized spacial score (nSPS) is 27.5. The largest absolute Gasteiger partial charge is 0.481 e. The maximum absolute atomic E-state index is 13.8. The van der Waals surface area contributed by atoms with Crippen LogP contribution in [0, 0.1) is 39.2 Å². The summed E-state index contributed by atoms with van der Waals surface area (Å²) in [6.45, 7) is 11.2. The van der Waals surface area contributed by atoms with Crippen LogP contribution >= 0.6 is 0 Å². The summed E-state index contributed by atoms with van der Waals surface area (Å²) in [5, 5.41) is 13.0. The fraction of sp³-hybridized carbons (Fsp3) is 0.700. The SMILES string of the molecule is CC(C)C[C@H](NC(=O)[C@H](CCCN=C(N)N[N+](=O)[O-])CC(=O)Cc1ccccc1)B1O[C@@H]2C[C@H]3C[C@H](C3(C)C)[C@]2(C)O1. The number of nitrogens with zero attached hydrogens (tertiary/aromatic N) is 2. The van der Waals surface area contributed by atoms with E-state index in [1.54, 1.807) is 0 Å². The van der Waals surface area contributed by atoms with E-state index in [2.05, 4.69) is 44.9 Å². The van der Waals surface area contributed by atoms with Crippen LogP contribution in [-0.2, 0) is 25.3 Å². The molecule has 1 amide bonds. The van der Waals surface area contributed by atoms with Crippen LogP contribution in [0.5, 0.6) is 0 Å². The number of ketones is 1. The minimum Gasteiger partial charge on any atom is -0.404 e. The van der Waals surface area contributed by atoms with Crippen molar-refractivity contribution in [2.24, 2.45) is 39.8 Å². The highest BCUT2D eigenvalue weighted by molar-refractivity contribution is 6.47. The molecule has 3 saturated carbocycles. The molecule has 0 radical (unpaired) electrons. The third kappa shape index (κ3) is 7.31. The lowest BCUT2D eigenvalue weighted by Crippen LogP contribution is -2.65. The number of Topliss-reactive ketones (excluding diaryl/α,β-unsaturated/α-hetero) is 1. The van der Waals surface area contributed by atoms with Crippen LogP contribution in [0.15, 0.2) is 35.3 Å². The number of nitrogens with two attached hydrogens (primary N) is 1. The third-order valence-electron chi connectivity index (χ3n) is 9.64. The molecule has 4 aliphatic rings. The molecule has 12 heteroatoms. The Balaban J connectivity index is 1.44. The Morgan fingerprint density at radius 2 is 1.93 bits per heavy atom. The van der Waals surface area contributed by atoms with Crippen molar-refractivity contribution in [1.82, 2.24) is 10.7 Å². The van der Waals surface area contributed by atoms with Gasteiger partial charge in [0.1, 0.15) is 5.78 Å². The minimum atomic E-state index is -0.778. The van der Waals surface area contributed by atoms with Gasteiger partial charge in [0.05, 0.1) is 17.6 Å². The molecule has 1 aliphatic heterocycles. The summed E-state index contributed by atoms with van der Waals surface area (Å²) in [5.74, 6) is -0.189. The molecule has 42 heavy (non-hydrogen) atoms. The second-order valence-electron chi connectivity index (χ2n) is 13.5. The Kier molecular flexibility index (Phi) is 9.97. The third-order valence-corrected chi connectivity index (χ3v) is 9.64. The van der Waals surface area contributed by atoms with Crippen molar-refractivity contribution in [1.29, 1.82) is 0 Å². The van der Waals surface area contributed by atoms with E-state index < -0.39 is 18.1 Å². The van der Waals surface area contributed by atoms with Gasteiger partial charge in [-0.15, -0.1) is 0 Å². The lowest BCUT2D eigenvalue weighted by Gasteiger charge is -2.64. The van der Waals surface area contributed by atoms with E-state index >= 15 is 0 Å². The van der Waals surface area contributed by atoms with Crippen LogP contribution in [0.3, 0.4) is 0 Å². The summed E-state index contributed by atoms with van der Waals surface area (Å²) in [5.41, 5.74) is 8.06. The van der Waals surface area contributed by atoms with E-state index in [0.717, 1.165) is 18.4 Å². The topological polar surface area (TPSA) is 158 Å².